The van der Waals surface area contributed by atoms with E-state index in [0.717, 1.165) is 42.2 Å². The smallest absolute Gasteiger partial charge is 0.131 e. The summed E-state index contributed by atoms with van der Waals surface area (Å²) >= 11 is 0. The van der Waals surface area contributed by atoms with Gasteiger partial charge in [0.05, 0.1) is 19.3 Å². The number of aromatic amines is 1. The van der Waals surface area contributed by atoms with Crippen LogP contribution >= 0.6 is 0 Å². The van der Waals surface area contributed by atoms with Crippen molar-refractivity contribution in [3.63, 3.8) is 0 Å². The van der Waals surface area contributed by atoms with Crippen molar-refractivity contribution >= 4 is 0 Å². The molecule has 176 valence electrons. The van der Waals surface area contributed by atoms with Gasteiger partial charge in [0, 0.05) is 42.0 Å². The molecule has 2 aromatic carbocycles. The quantitative estimate of drug-likeness (QED) is 0.548. The van der Waals surface area contributed by atoms with Crippen molar-refractivity contribution in [3.8, 4) is 39.6 Å². The van der Waals surface area contributed by atoms with Crippen molar-refractivity contribution in [2.24, 2.45) is 0 Å². The van der Waals surface area contributed by atoms with Crippen molar-refractivity contribution in [1.82, 2.24) is 15.1 Å². The molecule has 0 radical (unpaired) electrons. The van der Waals surface area contributed by atoms with E-state index in [4.69, 9.17) is 14.2 Å². The van der Waals surface area contributed by atoms with Crippen LogP contribution in [0, 0.1) is 13.8 Å². The van der Waals surface area contributed by atoms with Crippen LogP contribution in [-0.4, -0.2) is 65.8 Å². The highest BCUT2D eigenvalue weighted by Crippen LogP contribution is 2.41. The zero-order valence-electron chi connectivity index (χ0n) is 20.0. The van der Waals surface area contributed by atoms with Crippen LogP contribution in [0.5, 0.6) is 17.2 Å². The van der Waals surface area contributed by atoms with E-state index in [1.54, 1.807) is 7.11 Å². The van der Waals surface area contributed by atoms with Crippen LogP contribution in [0.3, 0.4) is 0 Å². The Kier molecular flexibility index (Phi) is 6.91. The van der Waals surface area contributed by atoms with Crippen molar-refractivity contribution < 1.29 is 19.3 Å². The molecule has 7 nitrogen and oxygen atoms in total. The SMILES string of the molecule is COc1ccc(-c2c(-c3ccc(OCCN4CC(C)OC(C)C4)c(C)c3O)n[nH]c2C)cc1. The van der Waals surface area contributed by atoms with Crippen LogP contribution in [-0.2, 0) is 4.74 Å². The van der Waals surface area contributed by atoms with Gasteiger partial charge in [-0.2, -0.15) is 5.10 Å². The number of hydrogen-bond acceptors (Lipinski definition) is 6. The maximum atomic E-state index is 11.0. The summed E-state index contributed by atoms with van der Waals surface area (Å²) in [7, 11) is 1.65. The summed E-state index contributed by atoms with van der Waals surface area (Å²) in [6.07, 6.45) is 0.465. The summed E-state index contributed by atoms with van der Waals surface area (Å²) in [5, 5.41) is 18.6. The number of aromatic hydroxyl groups is 1. The molecule has 1 aliphatic rings. The molecular formula is C26H33N3O4. The van der Waals surface area contributed by atoms with E-state index in [0.29, 0.717) is 29.2 Å². The first-order valence-corrected chi connectivity index (χ1v) is 11.4. The van der Waals surface area contributed by atoms with Crippen LogP contribution in [0.1, 0.15) is 25.1 Å². The van der Waals surface area contributed by atoms with E-state index < -0.39 is 0 Å². The number of morpholine rings is 1. The van der Waals surface area contributed by atoms with E-state index in [9.17, 15) is 5.11 Å². The lowest BCUT2D eigenvalue weighted by Crippen LogP contribution is -2.46. The summed E-state index contributed by atoms with van der Waals surface area (Å²) in [5.74, 6) is 1.66. The molecule has 4 rings (SSSR count). The number of aromatic nitrogens is 2. The second kappa shape index (κ2) is 9.85. The largest absolute Gasteiger partial charge is 0.507 e. The number of rotatable bonds is 7. The van der Waals surface area contributed by atoms with Gasteiger partial charge in [0.1, 0.15) is 29.5 Å². The van der Waals surface area contributed by atoms with Crippen LogP contribution in [0.4, 0.5) is 0 Å². The second-order valence-electron chi connectivity index (χ2n) is 8.75. The summed E-state index contributed by atoms with van der Waals surface area (Å²) in [5.41, 5.74) is 4.98. The van der Waals surface area contributed by atoms with Gasteiger partial charge < -0.3 is 19.3 Å². The normalized spacial score (nSPS) is 18.9. The molecule has 33 heavy (non-hydrogen) atoms. The number of nitrogens with zero attached hydrogens (tertiary/aromatic N) is 2. The average molecular weight is 452 g/mol. The van der Waals surface area contributed by atoms with E-state index in [-0.39, 0.29) is 18.0 Å². The third-order valence-corrected chi connectivity index (χ3v) is 6.12. The van der Waals surface area contributed by atoms with E-state index >= 15 is 0 Å². The Labute approximate surface area is 195 Å². The Balaban J connectivity index is 1.52. The van der Waals surface area contributed by atoms with Crippen LogP contribution in [0.25, 0.3) is 22.4 Å². The number of phenols is 1. The molecule has 0 saturated carbocycles. The summed E-state index contributed by atoms with van der Waals surface area (Å²) < 4.78 is 17.1. The number of methoxy groups -OCH3 is 1. The topological polar surface area (TPSA) is 79.8 Å². The highest BCUT2D eigenvalue weighted by molar-refractivity contribution is 5.86. The van der Waals surface area contributed by atoms with E-state index in [1.807, 2.05) is 50.2 Å². The Morgan fingerprint density at radius 3 is 2.45 bits per heavy atom. The monoisotopic (exact) mass is 451 g/mol. The molecular weight excluding hydrogens is 418 g/mol. The number of nitrogens with one attached hydrogen (secondary N) is 1. The Morgan fingerprint density at radius 2 is 1.79 bits per heavy atom. The highest BCUT2D eigenvalue weighted by Gasteiger charge is 2.23. The summed E-state index contributed by atoms with van der Waals surface area (Å²) in [6, 6.07) is 11.6. The molecule has 0 aliphatic carbocycles. The van der Waals surface area contributed by atoms with Gasteiger partial charge in [-0.25, -0.2) is 0 Å². The van der Waals surface area contributed by atoms with Crippen molar-refractivity contribution in [2.45, 2.75) is 39.9 Å². The lowest BCUT2D eigenvalue weighted by Gasteiger charge is -2.35. The molecule has 2 heterocycles. The van der Waals surface area contributed by atoms with Gasteiger partial charge in [-0.3, -0.25) is 10.00 Å². The maximum absolute atomic E-state index is 11.0. The lowest BCUT2D eigenvalue weighted by atomic mass is 9.97. The van der Waals surface area contributed by atoms with Crippen molar-refractivity contribution in [2.75, 3.05) is 33.4 Å². The molecule has 0 amide bonds. The molecule has 2 unspecified atom stereocenters. The molecule has 0 bridgehead atoms. The molecule has 1 aliphatic heterocycles. The minimum atomic E-state index is 0.183. The Morgan fingerprint density at radius 1 is 1.09 bits per heavy atom. The van der Waals surface area contributed by atoms with Gasteiger partial charge >= 0.3 is 0 Å². The van der Waals surface area contributed by atoms with Crippen molar-refractivity contribution in [1.29, 1.82) is 0 Å². The van der Waals surface area contributed by atoms with Crippen LogP contribution in [0.15, 0.2) is 36.4 Å². The zero-order chi connectivity index (χ0) is 23.5. The maximum Gasteiger partial charge on any atom is 0.131 e. The molecule has 3 aromatic rings. The number of ether oxygens (including phenoxy) is 3. The van der Waals surface area contributed by atoms with Crippen molar-refractivity contribution in [3.05, 3.63) is 47.7 Å². The predicted molar refractivity (Wildman–Crippen MR) is 129 cm³/mol. The first-order valence-electron chi connectivity index (χ1n) is 11.4. The minimum Gasteiger partial charge on any atom is -0.507 e. The first kappa shape index (κ1) is 23.1. The number of hydrogen-bond donors (Lipinski definition) is 2. The third kappa shape index (κ3) is 4.99. The Hall–Kier alpha value is -3.03. The van der Waals surface area contributed by atoms with E-state index in [2.05, 4.69) is 28.9 Å². The van der Waals surface area contributed by atoms with Crippen LogP contribution in [0.2, 0.25) is 0 Å². The highest BCUT2D eigenvalue weighted by atomic mass is 16.5. The van der Waals surface area contributed by atoms with Gasteiger partial charge in [0.15, 0.2) is 0 Å². The molecule has 1 fully saturated rings. The fourth-order valence-corrected chi connectivity index (χ4v) is 4.52. The number of phenolic OH excluding ortho intramolecular Hbond substituents is 1. The fraction of sp³-hybridized carbons (Fsp3) is 0.423. The van der Waals surface area contributed by atoms with Crippen LogP contribution < -0.4 is 9.47 Å². The molecule has 2 atom stereocenters. The lowest BCUT2D eigenvalue weighted by molar-refractivity contribution is -0.0699. The second-order valence-corrected chi connectivity index (χ2v) is 8.75. The number of benzene rings is 2. The minimum absolute atomic E-state index is 0.183. The van der Waals surface area contributed by atoms with Gasteiger partial charge in [0.2, 0.25) is 0 Å². The fourth-order valence-electron chi connectivity index (χ4n) is 4.52. The van der Waals surface area contributed by atoms with Gasteiger partial charge in [-0.1, -0.05) is 12.1 Å². The van der Waals surface area contributed by atoms with Gasteiger partial charge in [-0.05, 0) is 57.5 Å². The molecule has 1 aromatic heterocycles. The summed E-state index contributed by atoms with van der Waals surface area (Å²) in [6.45, 7) is 11.2. The first-order chi connectivity index (χ1) is 15.9. The molecule has 7 heteroatoms. The standard InChI is InChI=1S/C26H33N3O4/c1-16-14-29(15-17(2)33-16)12-13-32-23-11-10-22(26(30)18(23)3)25-24(19(4)27-28-25)20-6-8-21(31-5)9-7-20/h6-11,16-17,30H,12-15H2,1-5H3,(H,27,28). The number of aryl methyl sites for hydroxylation is 1. The molecule has 1 saturated heterocycles. The predicted octanol–water partition coefficient (Wildman–Crippen LogP) is 4.56. The van der Waals surface area contributed by atoms with Gasteiger partial charge in [0.25, 0.3) is 0 Å². The van der Waals surface area contributed by atoms with Gasteiger partial charge in [-0.15, -0.1) is 0 Å². The van der Waals surface area contributed by atoms with E-state index in [1.165, 1.54) is 0 Å². The molecule has 0 spiro atoms. The average Bonchev–Trinajstić information content (AvgIpc) is 3.17. The zero-order valence-corrected chi connectivity index (χ0v) is 20.0. The Bertz CT molecular complexity index is 1080. The number of H-pyrrole nitrogens is 1. The summed E-state index contributed by atoms with van der Waals surface area (Å²) in [4.78, 5) is 2.36. The third-order valence-electron chi connectivity index (χ3n) is 6.12. The molecule has 2 N–H and O–H groups in total.